The Morgan fingerprint density at radius 2 is 2.07 bits per heavy atom. The molecule has 152 valence electrons. The van der Waals surface area contributed by atoms with E-state index in [0.29, 0.717) is 17.9 Å². The van der Waals surface area contributed by atoms with E-state index in [4.69, 9.17) is 0 Å². The average Bonchev–Trinajstić information content (AvgIpc) is 3.39. The predicted molar refractivity (Wildman–Crippen MR) is 116 cm³/mol. The molecule has 4 rings (SSSR count). The summed E-state index contributed by atoms with van der Waals surface area (Å²) in [5.41, 5.74) is 4.02. The second-order valence-corrected chi connectivity index (χ2v) is 9.30. The fourth-order valence-electron chi connectivity index (χ4n) is 3.51. The van der Waals surface area contributed by atoms with E-state index in [1.807, 2.05) is 44.3 Å². The summed E-state index contributed by atoms with van der Waals surface area (Å²) in [6, 6.07) is 9.74. The fourth-order valence-corrected chi connectivity index (χ4v) is 4.71. The summed E-state index contributed by atoms with van der Waals surface area (Å²) in [5, 5.41) is 0.953. The first-order valence-electron chi connectivity index (χ1n) is 9.75. The van der Waals surface area contributed by atoms with Crippen molar-refractivity contribution in [1.29, 1.82) is 0 Å². The monoisotopic (exact) mass is 412 g/mol. The van der Waals surface area contributed by atoms with Crippen molar-refractivity contribution >= 4 is 39.0 Å². The molecule has 1 aliphatic carbocycles. The van der Waals surface area contributed by atoms with Crippen LogP contribution in [-0.4, -0.2) is 36.6 Å². The number of carbonyl (C=O) groups excluding carboxylic acids is 1. The minimum Gasteiger partial charge on any atom is -0.346 e. The number of sulfonamides is 1. The smallest absolute Gasteiger partial charge is 0.232 e. The van der Waals surface area contributed by atoms with Gasteiger partial charge in [-0.1, -0.05) is 13.0 Å². The van der Waals surface area contributed by atoms with Crippen LogP contribution in [0.15, 0.2) is 36.5 Å². The van der Waals surface area contributed by atoms with Crippen LogP contribution in [0.1, 0.15) is 31.7 Å². The Balaban J connectivity index is 1.75. The Bertz CT molecular complexity index is 1170. The maximum atomic E-state index is 12.1. The molecule has 2 aromatic heterocycles. The maximum absolute atomic E-state index is 12.1. The number of rotatable bonds is 8. The van der Waals surface area contributed by atoms with Gasteiger partial charge in [0.2, 0.25) is 16.4 Å². The van der Waals surface area contributed by atoms with Crippen molar-refractivity contribution in [3.05, 3.63) is 42.1 Å². The minimum atomic E-state index is -3.34. The molecule has 1 aromatic carbocycles. The third-order valence-electron chi connectivity index (χ3n) is 5.11. The number of aromatic amines is 1. The van der Waals surface area contributed by atoms with Gasteiger partial charge in [-0.15, -0.1) is 0 Å². The molecule has 7 nitrogen and oxygen atoms in total. The molecule has 0 bridgehead atoms. The Morgan fingerprint density at radius 1 is 1.28 bits per heavy atom. The number of carbonyl (C=O) groups is 1. The number of hydrogen-bond acceptors (Lipinski definition) is 4. The molecule has 1 fully saturated rings. The van der Waals surface area contributed by atoms with Gasteiger partial charge in [-0.2, -0.15) is 0 Å². The number of anilines is 2. The second kappa shape index (κ2) is 7.51. The molecule has 0 atom stereocenters. The number of nitrogens with zero attached hydrogens (tertiary/aromatic N) is 2. The van der Waals surface area contributed by atoms with E-state index in [1.165, 1.54) is 0 Å². The highest BCUT2D eigenvalue weighted by Crippen LogP contribution is 2.36. The summed E-state index contributed by atoms with van der Waals surface area (Å²) in [5.74, 6) is 0.715. The number of fused-ring (bicyclic) bond motifs is 1. The fraction of sp³-hybridized carbons (Fsp3) is 0.333. The first-order chi connectivity index (χ1) is 13.9. The molecule has 1 saturated carbocycles. The first-order valence-corrected chi connectivity index (χ1v) is 11.4. The number of aromatic nitrogens is 2. The molecule has 1 aliphatic rings. The predicted octanol–water partition coefficient (Wildman–Crippen LogP) is 3.82. The van der Waals surface area contributed by atoms with Gasteiger partial charge in [-0.3, -0.25) is 14.4 Å². The summed E-state index contributed by atoms with van der Waals surface area (Å²) in [4.78, 5) is 21.0. The molecule has 0 unspecified atom stereocenters. The van der Waals surface area contributed by atoms with E-state index in [0.717, 1.165) is 47.0 Å². The van der Waals surface area contributed by atoms with E-state index >= 15 is 0 Å². The quantitative estimate of drug-likeness (QED) is 0.550. The van der Waals surface area contributed by atoms with Crippen molar-refractivity contribution in [3.63, 3.8) is 0 Å². The third-order valence-corrected chi connectivity index (χ3v) is 6.59. The second-order valence-electron chi connectivity index (χ2n) is 7.46. The third kappa shape index (κ3) is 3.98. The average molecular weight is 413 g/mol. The van der Waals surface area contributed by atoms with Crippen LogP contribution in [0.3, 0.4) is 0 Å². The SMILES string of the molecule is CCCS(=O)(=O)Nc1ccc(-c2cc(N(C=O)C3CC3)nc3[nH]ccc23)cc1C. The topological polar surface area (TPSA) is 95.2 Å². The molecule has 8 heteroatoms. The van der Waals surface area contributed by atoms with Gasteiger partial charge in [0.25, 0.3) is 0 Å². The number of amides is 1. The van der Waals surface area contributed by atoms with Crippen LogP contribution in [0.4, 0.5) is 11.5 Å². The lowest BCUT2D eigenvalue weighted by Gasteiger charge is -2.17. The van der Waals surface area contributed by atoms with Gasteiger partial charge in [0, 0.05) is 17.6 Å². The number of hydrogen-bond donors (Lipinski definition) is 2. The maximum Gasteiger partial charge on any atom is 0.232 e. The molecule has 0 aliphatic heterocycles. The molecule has 2 N–H and O–H groups in total. The van der Waals surface area contributed by atoms with Crippen molar-refractivity contribution in [2.45, 2.75) is 39.2 Å². The summed E-state index contributed by atoms with van der Waals surface area (Å²) in [6.07, 6.45) is 5.21. The lowest BCUT2D eigenvalue weighted by atomic mass is 10.0. The number of H-pyrrole nitrogens is 1. The summed E-state index contributed by atoms with van der Waals surface area (Å²) >= 11 is 0. The lowest BCUT2D eigenvalue weighted by Crippen LogP contribution is -2.24. The molecule has 0 spiro atoms. The van der Waals surface area contributed by atoms with Crippen molar-refractivity contribution in [2.24, 2.45) is 0 Å². The van der Waals surface area contributed by atoms with Crippen molar-refractivity contribution in [1.82, 2.24) is 9.97 Å². The highest BCUT2D eigenvalue weighted by atomic mass is 32.2. The van der Waals surface area contributed by atoms with Crippen LogP contribution in [0.25, 0.3) is 22.2 Å². The van der Waals surface area contributed by atoms with E-state index in [2.05, 4.69) is 14.7 Å². The van der Waals surface area contributed by atoms with E-state index in [1.54, 1.807) is 11.0 Å². The van der Waals surface area contributed by atoms with Crippen LogP contribution in [-0.2, 0) is 14.8 Å². The largest absolute Gasteiger partial charge is 0.346 e. The van der Waals surface area contributed by atoms with E-state index in [-0.39, 0.29) is 11.8 Å². The summed E-state index contributed by atoms with van der Waals surface area (Å²) in [7, 11) is -3.34. The van der Waals surface area contributed by atoms with Crippen LogP contribution in [0.5, 0.6) is 0 Å². The number of aryl methyl sites for hydroxylation is 1. The normalized spacial score (nSPS) is 14.1. The number of pyridine rings is 1. The first kappa shape index (κ1) is 19.4. The van der Waals surface area contributed by atoms with Crippen LogP contribution in [0.2, 0.25) is 0 Å². The minimum absolute atomic E-state index is 0.0918. The Morgan fingerprint density at radius 3 is 2.72 bits per heavy atom. The van der Waals surface area contributed by atoms with Crippen molar-refractivity contribution in [2.75, 3.05) is 15.4 Å². The summed E-state index contributed by atoms with van der Waals surface area (Å²) in [6.45, 7) is 3.72. The molecular weight excluding hydrogens is 388 g/mol. The Kier molecular flexibility index (Phi) is 5.04. The lowest BCUT2D eigenvalue weighted by molar-refractivity contribution is -0.107. The summed E-state index contributed by atoms with van der Waals surface area (Å²) < 4.78 is 26.9. The van der Waals surface area contributed by atoms with Gasteiger partial charge in [-0.25, -0.2) is 13.4 Å². The molecular formula is C21H24N4O3S. The molecule has 1 amide bonds. The van der Waals surface area contributed by atoms with Gasteiger partial charge in [0.1, 0.15) is 11.5 Å². The van der Waals surface area contributed by atoms with Gasteiger partial charge in [0.15, 0.2) is 0 Å². The van der Waals surface area contributed by atoms with Gasteiger partial charge in [0.05, 0.1) is 11.4 Å². The molecule has 0 radical (unpaired) electrons. The Hall–Kier alpha value is -2.87. The zero-order valence-corrected chi connectivity index (χ0v) is 17.3. The van der Waals surface area contributed by atoms with Crippen LogP contribution in [0, 0.1) is 6.92 Å². The highest BCUT2D eigenvalue weighted by Gasteiger charge is 2.30. The molecule has 0 saturated heterocycles. The zero-order valence-electron chi connectivity index (χ0n) is 16.5. The van der Waals surface area contributed by atoms with Gasteiger partial charge in [-0.05, 0) is 67.1 Å². The standard InChI is InChI=1S/C21H24N4O3S/c1-3-10-29(27,28)24-19-7-4-15(11-14(19)2)18-12-20(25(13-26)16-5-6-16)23-21-17(18)8-9-22-21/h4,7-9,11-13,16,24H,3,5-6,10H2,1-2H3,(H,22,23). The number of benzene rings is 1. The van der Waals surface area contributed by atoms with Crippen LogP contribution < -0.4 is 9.62 Å². The molecule has 29 heavy (non-hydrogen) atoms. The molecule has 3 aromatic rings. The van der Waals surface area contributed by atoms with Crippen molar-refractivity contribution in [3.8, 4) is 11.1 Å². The zero-order chi connectivity index (χ0) is 20.6. The van der Waals surface area contributed by atoms with E-state index < -0.39 is 10.0 Å². The van der Waals surface area contributed by atoms with E-state index in [9.17, 15) is 13.2 Å². The van der Waals surface area contributed by atoms with Gasteiger partial charge >= 0.3 is 0 Å². The number of nitrogens with one attached hydrogen (secondary N) is 2. The highest BCUT2D eigenvalue weighted by molar-refractivity contribution is 7.92. The van der Waals surface area contributed by atoms with Gasteiger partial charge < -0.3 is 4.98 Å². The van der Waals surface area contributed by atoms with Crippen molar-refractivity contribution < 1.29 is 13.2 Å². The Labute approximate surface area is 170 Å². The molecule has 2 heterocycles. The van der Waals surface area contributed by atoms with Crippen LogP contribution >= 0.6 is 0 Å².